The minimum atomic E-state index is -0.415. The fraction of sp³-hybridized carbons (Fsp3) is 0.364. The number of ether oxygens (including phenoxy) is 2. The Bertz CT molecular complexity index is 1270. The van der Waals surface area contributed by atoms with Crippen molar-refractivity contribution in [1.82, 2.24) is 15.0 Å². The fourth-order valence-electron chi connectivity index (χ4n) is 3.86. The highest BCUT2D eigenvalue weighted by Crippen LogP contribution is 2.36. The Balaban J connectivity index is 1.48. The third kappa shape index (κ3) is 4.42. The van der Waals surface area contributed by atoms with Crippen molar-refractivity contribution in [2.24, 2.45) is 11.0 Å². The summed E-state index contributed by atoms with van der Waals surface area (Å²) in [5, 5.41) is 4.65. The Morgan fingerprint density at radius 1 is 1.41 bits per heavy atom. The van der Waals surface area contributed by atoms with Crippen molar-refractivity contribution >= 4 is 49.6 Å². The van der Waals surface area contributed by atoms with E-state index in [1.54, 1.807) is 37.7 Å². The zero-order valence-corrected chi connectivity index (χ0v) is 20.4. The standard InChI is InChI=1S/C22H23BrN4O4S/c1-12-4-5-14-17(6-12)32-21-19(14)22(29)27(11-24-21)10-18(28)26-25-9-13-7-15(23)20(31-3)16(8-13)30-2/h7-9,11-12H,4-6,10H2,1-3H3,(H,26,28)/b25-9-/t12-/m1/s1. The van der Waals surface area contributed by atoms with Crippen molar-refractivity contribution in [1.29, 1.82) is 0 Å². The number of aryl methyl sites for hydroxylation is 1. The van der Waals surface area contributed by atoms with Gasteiger partial charge < -0.3 is 9.47 Å². The van der Waals surface area contributed by atoms with Gasteiger partial charge in [0.25, 0.3) is 11.5 Å². The van der Waals surface area contributed by atoms with Gasteiger partial charge in [0.2, 0.25) is 0 Å². The Labute approximate surface area is 197 Å². The predicted octanol–water partition coefficient (Wildman–Crippen LogP) is 3.51. The number of hydrogen-bond donors (Lipinski definition) is 1. The van der Waals surface area contributed by atoms with Crippen LogP contribution in [0.2, 0.25) is 0 Å². The molecule has 1 aliphatic carbocycles. The zero-order chi connectivity index (χ0) is 22.8. The second kappa shape index (κ2) is 9.41. The highest BCUT2D eigenvalue weighted by Gasteiger charge is 2.23. The number of amides is 1. The van der Waals surface area contributed by atoms with Crippen LogP contribution in [0.25, 0.3) is 10.2 Å². The van der Waals surface area contributed by atoms with E-state index < -0.39 is 5.91 Å². The molecule has 1 aromatic carbocycles. The molecule has 168 valence electrons. The monoisotopic (exact) mass is 518 g/mol. The van der Waals surface area contributed by atoms with E-state index in [2.05, 4.69) is 38.4 Å². The molecule has 0 saturated carbocycles. The number of hydrazone groups is 1. The molecular weight excluding hydrogens is 496 g/mol. The number of nitrogens with zero attached hydrogens (tertiary/aromatic N) is 3. The molecule has 1 aliphatic rings. The summed E-state index contributed by atoms with van der Waals surface area (Å²) in [6.45, 7) is 2.07. The number of nitrogens with one attached hydrogen (secondary N) is 1. The second-order valence-electron chi connectivity index (χ2n) is 7.74. The molecule has 4 rings (SSSR count). The summed E-state index contributed by atoms with van der Waals surface area (Å²) in [6, 6.07) is 3.53. The summed E-state index contributed by atoms with van der Waals surface area (Å²) in [5.74, 6) is 1.31. The number of rotatable bonds is 6. The van der Waals surface area contributed by atoms with Gasteiger partial charge in [0.05, 0.1) is 36.6 Å². The van der Waals surface area contributed by atoms with Gasteiger partial charge in [-0.1, -0.05) is 6.92 Å². The van der Waals surface area contributed by atoms with Crippen molar-refractivity contribution in [2.45, 2.75) is 32.7 Å². The van der Waals surface area contributed by atoms with E-state index in [1.165, 1.54) is 22.0 Å². The van der Waals surface area contributed by atoms with E-state index >= 15 is 0 Å². The topological polar surface area (TPSA) is 94.8 Å². The number of fused-ring (bicyclic) bond motifs is 3. The Morgan fingerprint density at radius 2 is 2.22 bits per heavy atom. The van der Waals surface area contributed by atoms with Crippen LogP contribution in [-0.4, -0.2) is 35.9 Å². The molecule has 2 aromatic heterocycles. The molecule has 1 N–H and O–H groups in total. The molecule has 0 bridgehead atoms. The lowest BCUT2D eigenvalue weighted by molar-refractivity contribution is -0.121. The Morgan fingerprint density at radius 3 is 2.97 bits per heavy atom. The van der Waals surface area contributed by atoms with E-state index in [0.717, 1.165) is 29.7 Å². The first-order valence-electron chi connectivity index (χ1n) is 10.1. The van der Waals surface area contributed by atoms with Gasteiger partial charge in [-0.2, -0.15) is 5.10 Å². The van der Waals surface area contributed by atoms with Crippen LogP contribution in [-0.2, 0) is 24.2 Å². The normalized spacial score (nSPS) is 15.7. The van der Waals surface area contributed by atoms with Gasteiger partial charge in [0, 0.05) is 4.88 Å². The van der Waals surface area contributed by atoms with Crippen LogP contribution in [0.15, 0.2) is 32.8 Å². The van der Waals surface area contributed by atoms with Gasteiger partial charge in [0.15, 0.2) is 11.5 Å². The lowest BCUT2D eigenvalue weighted by Gasteiger charge is -2.17. The third-order valence-electron chi connectivity index (χ3n) is 5.45. The zero-order valence-electron chi connectivity index (χ0n) is 18.0. The molecule has 0 saturated heterocycles. The largest absolute Gasteiger partial charge is 0.493 e. The number of thiophene rings is 1. The van der Waals surface area contributed by atoms with Crippen molar-refractivity contribution < 1.29 is 14.3 Å². The van der Waals surface area contributed by atoms with E-state index in [9.17, 15) is 9.59 Å². The molecule has 10 heteroatoms. The van der Waals surface area contributed by atoms with Crippen molar-refractivity contribution in [3.63, 3.8) is 0 Å². The van der Waals surface area contributed by atoms with Crippen LogP contribution in [0, 0.1) is 5.92 Å². The fourth-order valence-corrected chi connectivity index (χ4v) is 5.82. The summed E-state index contributed by atoms with van der Waals surface area (Å²) >= 11 is 5.01. The van der Waals surface area contributed by atoms with Crippen molar-refractivity contribution in [2.75, 3.05) is 14.2 Å². The number of aromatic nitrogens is 2. The minimum absolute atomic E-state index is 0.157. The van der Waals surface area contributed by atoms with Gasteiger partial charge in [-0.15, -0.1) is 11.3 Å². The van der Waals surface area contributed by atoms with Gasteiger partial charge in [-0.25, -0.2) is 10.4 Å². The molecule has 0 radical (unpaired) electrons. The SMILES string of the molecule is COc1cc(/C=N\NC(=O)Cn2cnc3sc4c(c3c2=O)CC[C@@H](C)C4)cc(Br)c1OC. The molecule has 0 unspecified atom stereocenters. The maximum absolute atomic E-state index is 13.0. The summed E-state index contributed by atoms with van der Waals surface area (Å²) in [5.41, 5.74) is 4.09. The van der Waals surface area contributed by atoms with Crippen molar-refractivity contribution in [3.05, 3.63) is 49.3 Å². The first kappa shape index (κ1) is 22.5. The third-order valence-corrected chi connectivity index (χ3v) is 7.21. The van der Waals surface area contributed by atoms with E-state index in [-0.39, 0.29) is 12.1 Å². The second-order valence-corrected chi connectivity index (χ2v) is 9.68. The van der Waals surface area contributed by atoms with Gasteiger partial charge in [-0.3, -0.25) is 14.2 Å². The predicted molar refractivity (Wildman–Crippen MR) is 128 cm³/mol. The smallest absolute Gasteiger partial charge is 0.262 e. The van der Waals surface area contributed by atoms with E-state index in [1.807, 2.05) is 0 Å². The number of halogens is 1. The molecule has 1 amide bonds. The first-order valence-corrected chi connectivity index (χ1v) is 11.7. The van der Waals surface area contributed by atoms with Crippen LogP contribution in [0.4, 0.5) is 0 Å². The Kier molecular flexibility index (Phi) is 6.61. The minimum Gasteiger partial charge on any atom is -0.493 e. The van der Waals surface area contributed by atoms with Gasteiger partial charge >= 0.3 is 0 Å². The average Bonchev–Trinajstić information content (AvgIpc) is 3.13. The first-order chi connectivity index (χ1) is 15.4. The molecule has 1 atom stereocenters. The highest BCUT2D eigenvalue weighted by atomic mass is 79.9. The lowest BCUT2D eigenvalue weighted by Crippen LogP contribution is -2.30. The number of carbonyl (C=O) groups is 1. The van der Waals surface area contributed by atoms with Gasteiger partial charge in [-0.05, 0) is 64.4 Å². The summed E-state index contributed by atoms with van der Waals surface area (Å²) in [7, 11) is 3.10. The summed E-state index contributed by atoms with van der Waals surface area (Å²) in [6.07, 6.45) is 5.86. The maximum Gasteiger partial charge on any atom is 0.262 e. The highest BCUT2D eigenvalue weighted by molar-refractivity contribution is 9.10. The van der Waals surface area contributed by atoms with Crippen LogP contribution >= 0.6 is 27.3 Å². The molecule has 3 aromatic rings. The molecule has 0 spiro atoms. The molecule has 0 fully saturated rings. The summed E-state index contributed by atoms with van der Waals surface area (Å²) < 4.78 is 12.6. The van der Waals surface area contributed by atoms with Crippen LogP contribution < -0.4 is 20.5 Å². The number of benzene rings is 1. The average molecular weight is 519 g/mol. The van der Waals surface area contributed by atoms with E-state index in [0.29, 0.717) is 32.8 Å². The lowest BCUT2D eigenvalue weighted by atomic mass is 9.89. The van der Waals surface area contributed by atoms with Crippen LogP contribution in [0.5, 0.6) is 11.5 Å². The van der Waals surface area contributed by atoms with Gasteiger partial charge in [0.1, 0.15) is 11.4 Å². The molecule has 2 heterocycles. The number of methoxy groups -OCH3 is 2. The maximum atomic E-state index is 13.0. The molecular formula is C22H23BrN4O4S. The number of hydrogen-bond acceptors (Lipinski definition) is 7. The van der Waals surface area contributed by atoms with E-state index in [4.69, 9.17) is 9.47 Å². The number of carbonyl (C=O) groups excluding carboxylic acids is 1. The quantitative estimate of drug-likeness (QED) is 0.398. The van der Waals surface area contributed by atoms with Crippen LogP contribution in [0.3, 0.4) is 0 Å². The Hall–Kier alpha value is -2.72. The van der Waals surface area contributed by atoms with Crippen LogP contribution in [0.1, 0.15) is 29.3 Å². The van der Waals surface area contributed by atoms with Crippen molar-refractivity contribution in [3.8, 4) is 11.5 Å². The molecule has 8 nitrogen and oxygen atoms in total. The summed E-state index contributed by atoms with van der Waals surface area (Å²) in [4.78, 5) is 31.8. The molecule has 32 heavy (non-hydrogen) atoms. The molecule has 0 aliphatic heterocycles.